The van der Waals surface area contributed by atoms with E-state index in [0.29, 0.717) is 0 Å². The fourth-order valence-corrected chi connectivity index (χ4v) is 1.29. The number of allylic oxidation sites excluding steroid dienone is 2. The van der Waals surface area contributed by atoms with E-state index < -0.39 is 5.97 Å². The second-order valence-corrected chi connectivity index (χ2v) is 4.81. The molecule has 100 valence electrons. The van der Waals surface area contributed by atoms with Gasteiger partial charge in [0.2, 0.25) is 0 Å². The number of rotatable bonds is 5. The first-order valence-corrected chi connectivity index (χ1v) is 6.06. The van der Waals surface area contributed by atoms with Gasteiger partial charge in [-0.15, -0.1) is 0 Å². The van der Waals surface area contributed by atoms with Crippen LogP contribution < -0.4 is 0 Å². The summed E-state index contributed by atoms with van der Waals surface area (Å²) in [6.07, 6.45) is 5.50. The molecule has 0 atom stereocenters. The van der Waals surface area contributed by atoms with Crippen LogP contribution in [0.3, 0.4) is 0 Å². The molecule has 0 bridgehead atoms. The minimum Gasteiger partial charge on any atom is -0.319 e. The number of carbonyl (C=O) groups excluding carboxylic acids is 1. The van der Waals surface area contributed by atoms with Crippen LogP contribution in [0.5, 0.6) is 0 Å². The molecule has 0 aliphatic rings. The largest absolute Gasteiger partial charge is 0.331 e. The van der Waals surface area contributed by atoms with Crippen molar-refractivity contribution in [2.45, 2.75) is 20.8 Å². The van der Waals surface area contributed by atoms with Gasteiger partial charge in [-0.05, 0) is 11.1 Å². The third-order valence-corrected chi connectivity index (χ3v) is 2.66. The maximum Gasteiger partial charge on any atom is 0.331 e. The van der Waals surface area contributed by atoms with Crippen LogP contribution in [-0.4, -0.2) is 12.2 Å². The highest BCUT2D eigenvalue weighted by Crippen LogP contribution is 2.24. The lowest BCUT2D eigenvalue weighted by molar-refractivity contribution is -0.140. The maximum atomic E-state index is 10.6. The predicted octanol–water partition coefficient (Wildman–Crippen LogP) is 3.83. The predicted molar refractivity (Wildman–Crippen MR) is 78.7 cm³/mol. The molecule has 19 heavy (non-hydrogen) atoms. The standard InChI is InChI=1S/C16H19NO2/c1-13(10-11-15-8-6-5-7-9-15)16(3,4)12-17-19-14(2)18/h5-12H,1H2,2-4H3/b11-10+,17-12+. The van der Waals surface area contributed by atoms with Gasteiger partial charge < -0.3 is 4.84 Å². The maximum absolute atomic E-state index is 10.6. The van der Waals surface area contributed by atoms with Crippen molar-refractivity contribution in [2.24, 2.45) is 10.6 Å². The Balaban J connectivity index is 2.68. The molecule has 0 aromatic heterocycles. The van der Waals surface area contributed by atoms with Crippen LogP contribution in [0.2, 0.25) is 0 Å². The van der Waals surface area contributed by atoms with Crippen molar-refractivity contribution < 1.29 is 9.63 Å². The summed E-state index contributed by atoms with van der Waals surface area (Å²) < 4.78 is 0. The number of carbonyl (C=O) groups is 1. The van der Waals surface area contributed by atoms with Crippen LogP contribution in [0, 0.1) is 5.41 Å². The first-order valence-electron chi connectivity index (χ1n) is 6.06. The van der Waals surface area contributed by atoms with Crippen molar-refractivity contribution >= 4 is 18.3 Å². The second kappa shape index (κ2) is 6.69. The molecule has 1 aromatic rings. The van der Waals surface area contributed by atoms with E-state index in [2.05, 4.69) is 16.6 Å². The highest BCUT2D eigenvalue weighted by atomic mass is 16.7. The van der Waals surface area contributed by atoms with E-state index >= 15 is 0 Å². The Bertz CT molecular complexity index is 499. The van der Waals surface area contributed by atoms with Crippen molar-refractivity contribution in [1.82, 2.24) is 0 Å². The van der Waals surface area contributed by atoms with Crippen LogP contribution in [0.4, 0.5) is 0 Å². The van der Waals surface area contributed by atoms with Crippen LogP contribution in [-0.2, 0) is 9.63 Å². The second-order valence-electron chi connectivity index (χ2n) is 4.81. The zero-order valence-electron chi connectivity index (χ0n) is 11.6. The molecule has 0 saturated heterocycles. The SMILES string of the molecule is C=C(/C=C/c1ccccc1)C(C)(C)/C=N/OC(C)=O. The van der Waals surface area contributed by atoms with E-state index in [-0.39, 0.29) is 5.41 Å². The van der Waals surface area contributed by atoms with Crippen LogP contribution >= 0.6 is 0 Å². The summed E-state index contributed by atoms with van der Waals surface area (Å²) in [5.74, 6) is -0.433. The summed E-state index contributed by atoms with van der Waals surface area (Å²) in [7, 11) is 0. The number of hydrogen-bond acceptors (Lipinski definition) is 3. The lowest BCUT2D eigenvalue weighted by Gasteiger charge is -2.19. The third-order valence-electron chi connectivity index (χ3n) is 2.66. The van der Waals surface area contributed by atoms with E-state index in [1.165, 1.54) is 6.92 Å². The van der Waals surface area contributed by atoms with Crippen LogP contribution in [0.25, 0.3) is 6.08 Å². The molecule has 1 aromatic carbocycles. The Morgan fingerprint density at radius 2 is 1.95 bits per heavy atom. The molecule has 1 rings (SSSR count). The minimum atomic E-state index is -0.433. The Morgan fingerprint density at radius 1 is 1.32 bits per heavy atom. The summed E-state index contributed by atoms with van der Waals surface area (Å²) in [6, 6.07) is 9.97. The van der Waals surface area contributed by atoms with Gasteiger partial charge >= 0.3 is 5.97 Å². The van der Waals surface area contributed by atoms with E-state index in [1.807, 2.05) is 56.3 Å². The molecule has 0 heterocycles. The van der Waals surface area contributed by atoms with Gasteiger partial charge in [-0.25, -0.2) is 4.79 Å². The molecule has 0 aliphatic heterocycles. The first-order chi connectivity index (χ1) is 8.92. The summed E-state index contributed by atoms with van der Waals surface area (Å²) in [5, 5.41) is 3.65. The molecule has 0 N–H and O–H groups in total. The average Bonchev–Trinajstić information content (AvgIpc) is 2.36. The highest BCUT2D eigenvalue weighted by molar-refractivity contribution is 5.73. The number of nitrogens with zero attached hydrogens (tertiary/aromatic N) is 1. The van der Waals surface area contributed by atoms with Crippen LogP contribution in [0.15, 0.2) is 53.7 Å². The van der Waals surface area contributed by atoms with E-state index in [4.69, 9.17) is 0 Å². The molecule has 0 aliphatic carbocycles. The topological polar surface area (TPSA) is 38.7 Å². The molecular formula is C16H19NO2. The lowest BCUT2D eigenvalue weighted by Crippen LogP contribution is -2.15. The minimum absolute atomic E-state index is 0.374. The summed E-state index contributed by atoms with van der Waals surface area (Å²) in [6.45, 7) is 9.25. The summed E-state index contributed by atoms with van der Waals surface area (Å²) in [5.41, 5.74) is 1.62. The van der Waals surface area contributed by atoms with Gasteiger partial charge in [0.15, 0.2) is 0 Å². The van der Waals surface area contributed by atoms with Gasteiger partial charge in [0.1, 0.15) is 0 Å². The molecule has 0 radical (unpaired) electrons. The van der Waals surface area contributed by atoms with Crippen molar-refractivity contribution in [1.29, 1.82) is 0 Å². The Morgan fingerprint density at radius 3 is 2.53 bits per heavy atom. The van der Waals surface area contributed by atoms with Gasteiger partial charge in [-0.2, -0.15) is 0 Å². The van der Waals surface area contributed by atoms with Gasteiger partial charge in [0.25, 0.3) is 0 Å². The number of benzene rings is 1. The monoisotopic (exact) mass is 257 g/mol. The fraction of sp³-hybridized carbons (Fsp3) is 0.250. The average molecular weight is 257 g/mol. The lowest BCUT2D eigenvalue weighted by atomic mass is 9.86. The number of hydrogen-bond donors (Lipinski definition) is 0. The van der Waals surface area contributed by atoms with E-state index in [0.717, 1.165) is 11.1 Å². The Kier molecular flexibility index (Phi) is 5.24. The van der Waals surface area contributed by atoms with Crippen LogP contribution in [0.1, 0.15) is 26.3 Å². The molecule has 0 spiro atoms. The molecule has 0 amide bonds. The molecule has 3 heteroatoms. The highest BCUT2D eigenvalue weighted by Gasteiger charge is 2.17. The Labute approximate surface area is 114 Å². The van der Waals surface area contributed by atoms with Crippen molar-refractivity contribution in [3.63, 3.8) is 0 Å². The van der Waals surface area contributed by atoms with Crippen molar-refractivity contribution in [2.75, 3.05) is 0 Å². The molecular weight excluding hydrogens is 238 g/mol. The van der Waals surface area contributed by atoms with Gasteiger partial charge in [-0.3, -0.25) is 0 Å². The molecule has 0 saturated carbocycles. The van der Waals surface area contributed by atoms with Crippen molar-refractivity contribution in [3.8, 4) is 0 Å². The zero-order valence-corrected chi connectivity index (χ0v) is 11.6. The normalized spacial score (nSPS) is 11.9. The Hall–Kier alpha value is -2.16. The van der Waals surface area contributed by atoms with Gasteiger partial charge in [-0.1, -0.05) is 68.1 Å². The number of oxime groups is 1. The van der Waals surface area contributed by atoms with E-state index in [9.17, 15) is 4.79 Å². The smallest absolute Gasteiger partial charge is 0.319 e. The van der Waals surface area contributed by atoms with Gasteiger partial charge in [0.05, 0.1) is 6.21 Å². The van der Waals surface area contributed by atoms with Gasteiger partial charge in [0, 0.05) is 12.3 Å². The van der Waals surface area contributed by atoms with E-state index in [1.54, 1.807) is 6.21 Å². The van der Waals surface area contributed by atoms with Crippen molar-refractivity contribution in [3.05, 3.63) is 54.1 Å². The summed E-state index contributed by atoms with van der Waals surface area (Å²) in [4.78, 5) is 15.2. The molecule has 3 nitrogen and oxygen atoms in total. The molecule has 0 unspecified atom stereocenters. The fourth-order valence-electron chi connectivity index (χ4n) is 1.29. The zero-order chi connectivity index (χ0) is 14.3. The third kappa shape index (κ3) is 5.34. The quantitative estimate of drug-likeness (QED) is 0.348. The summed E-state index contributed by atoms with van der Waals surface area (Å²) >= 11 is 0. The molecule has 0 fully saturated rings. The first kappa shape index (κ1) is 14.9.